The van der Waals surface area contributed by atoms with Crippen LogP contribution in [0.3, 0.4) is 0 Å². The highest BCUT2D eigenvalue weighted by Crippen LogP contribution is 2.41. The SMILES string of the molecule is Fc1cc(F)c2[nH]cc(-c3c(F)cc4c(N5CC6CCC(C5)N6)nc(OCC56CCCN5CCC6)nc4c3F)c2c1. The smallest absolute Gasteiger partial charge is 0.319 e. The monoisotopic (exact) mass is 566 g/mol. The summed E-state index contributed by atoms with van der Waals surface area (Å²) in [6.45, 7) is 3.80. The molecule has 2 aromatic heterocycles. The van der Waals surface area contributed by atoms with E-state index in [1.165, 1.54) is 12.3 Å². The number of aromatic nitrogens is 3. The summed E-state index contributed by atoms with van der Waals surface area (Å²) in [5.41, 5.74) is -0.547. The average Bonchev–Trinajstić information content (AvgIpc) is 3.71. The van der Waals surface area contributed by atoms with Crippen molar-refractivity contribution in [3.63, 3.8) is 0 Å². The molecule has 4 aromatic rings. The minimum Gasteiger partial charge on any atom is -0.461 e. The molecule has 0 aliphatic carbocycles. The zero-order valence-electron chi connectivity index (χ0n) is 22.5. The number of ether oxygens (including phenoxy) is 1. The number of hydrogen-bond donors (Lipinski definition) is 2. The van der Waals surface area contributed by atoms with Gasteiger partial charge in [-0.05, 0) is 63.7 Å². The zero-order valence-corrected chi connectivity index (χ0v) is 22.5. The van der Waals surface area contributed by atoms with Crippen LogP contribution in [0.2, 0.25) is 0 Å². The number of piperazine rings is 1. The molecular weight excluding hydrogens is 536 g/mol. The molecule has 7 nitrogen and oxygen atoms in total. The van der Waals surface area contributed by atoms with Crippen molar-refractivity contribution in [2.75, 3.05) is 37.7 Å². The van der Waals surface area contributed by atoms with Crippen molar-refractivity contribution < 1.29 is 22.3 Å². The second-order valence-electron chi connectivity index (χ2n) is 12.0. The molecule has 4 saturated heterocycles. The number of nitrogens with one attached hydrogen (secondary N) is 2. The lowest BCUT2D eigenvalue weighted by atomic mass is 9.95. The molecule has 2 aromatic carbocycles. The third kappa shape index (κ3) is 3.99. The summed E-state index contributed by atoms with van der Waals surface area (Å²) in [6.07, 6.45) is 7.65. The molecule has 8 rings (SSSR count). The van der Waals surface area contributed by atoms with E-state index in [-0.39, 0.29) is 51.0 Å². The lowest BCUT2D eigenvalue weighted by Crippen LogP contribution is -2.51. The second-order valence-corrected chi connectivity index (χ2v) is 12.0. The molecule has 2 unspecified atom stereocenters. The molecule has 0 saturated carbocycles. The highest BCUT2D eigenvalue weighted by Gasteiger charge is 2.45. The summed E-state index contributed by atoms with van der Waals surface area (Å²) >= 11 is 0. The van der Waals surface area contributed by atoms with Crippen LogP contribution in [0.1, 0.15) is 38.5 Å². The van der Waals surface area contributed by atoms with Crippen LogP contribution < -0.4 is 15.0 Å². The molecule has 11 heteroatoms. The Balaban J connectivity index is 1.27. The Morgan fingerprint density at radius 3 is 2.44 bits per heavy atom. The fourth-order valence-electron chi connectivity index (χ4n) is 7.70. The lowest BCUT2D eigenvalue weighted by Gasteiger charge is -2.34. The first kappa shape index (κ1) is 25.3. The van der Waals surface area contributed by atoms with Crippen LogP contribution in [-0.4, -0.2) is 70.3 Å². The number of anilines is 1. The molecule has 4 aliphatic heterocycles. The lowest BCUT2D eigenvalue weighted by molar-refractivity contribution is 0.108. The van der Waals surface area contributed by atoms with Crippen LogP contribution in [0, 0.1) is 23.3 Å². The molecule has 214 valence electrons. The average molecular weight is 567 g/mol. The van der Waals surface area contributed by atoms with Crippen molar-refractivity contribution in [3.8, 4) is 17.1 Å². The van der Waals surface area contributed by atoms with Crippen molar-refractivity contribution in [1.82, 2.24) is 25.2 Å². The fraction of sp³-hybridized carbons (Fsp3) is 0.467. The highest BCUT2D eigenvalue weighted by molar-refractivity contribution is 6.00. The third-order valence-electron chi connectivity index (χ3n) is 9.61. The molecule has 4 fully saturated rings. The van der Waals surface area contributed by atoms with Gasteiger partial charge in [-0.15, -0.1) is 0 Å². The zero-order chi connectivity index (χ0) is 27.9. The normalized spacial score (nSPS) is 23.7. The predicted molar refractivity (Wildman–Crippen MR) is 147 cm³/mol. The van der Waals surface area contributed by atoms with Gasteiger partial charge in [0.25, 0.3) is 0 Å². The van der Waals surface area contributed by atoms with Crippen molar-refractivity contribution in [2.45, 2.75) is 56.1 Å². The van der Waals surface area contributed by atoms with E-state index in [0.717, 1.165) is 63.7 Å². The van der Waals surface area contributed by atoms with Gasteiger partial charge in [-0.3, -0.25) is 4.90 Å². The van der Waals surface area contributed by atoms with Crippen LogP contribution in [0.4, 0.5) is 23.4 Å². The van der Waals surface area contributed by atoms with E-state index in [1.807, 2.05) is 0 Å². The summed E-state index contributed by atoms with van der Waals surface area (Å²) in [5.74, 6) is -3.01. The summed E-state index contributed by atoms with van der Waals surface area (Å²) in [5, 5.41) is 3.87. The maximum Gasteiger partial charge on any atom is 0.319 e. The van der Waals surface area contributed by atoms with Gasteiger partial charge < -0.3 is 19.9 Å². The van der Waals surface area contributed by atoms with Crippen LogP contribution in [-0.2, 0) is 0 Å². The van der Waals surface area contributed by atoms with Crippen molar-refractivity contribution >= 4 is 27.6 Å². The quantitative estimate of drug-likeness (QED) is 0.321. The Morgan fingerprint density at radius 1 is 0.927 bits per heavy atom. The van der Waals surface area contributed by atoms with Gasteiger partial charge in [-0.2, -0.15) is 9.97 Å². The maximum atomic E-state index is 16.4. The Bertz CT molecular complexity index is 1670. The number of rotatable bonds is 5. The van der Waals surface area contributed by atoms with Crippen LogP contribution >= 0.6 is 0 Å². The number of benzene rings is 2. The molecule has 41 heavy (non-hydrogen) atoms. The molecule has 0 spiro atoms. The van der Waals surface area contributed by atoms with Gasteiger partial charge in [0, 0.05) is 53.8 Å². The van der Waals surface area contributed by atoms with E-state index in [1.54, 1.807) is 0 Å². The molecule has 0 amide bonds. The largest absolute Gasteiger partial charge is 0.461 e. The first-order valence-electron chi connectivity index (χ1n) is 14.4. The number of fused-ring (bicyclic) bond motifs is 5. The van der Waals surface area contributed by atoms with Crippen molar-refractivity contribution in [3.05, 3.63) is 47.7 Å². The van der Waals surface area contributed by atoms with E-state index in [2.05, 4.69) is 25.1 Å². The number of hydrogen-bond acceptors (Lipinski definition) is 6. The molecule has 2 atom stereocenters. The summed E-state index contributed by atoms with van der Waals surface area (Å²) in [6, 6.07) is 3.64. The highest BCUT2D eigenvalue weighted by atomic mass is 19.1. The first-order valence-corrected chi connectivity index (χ1v) is 14.4. The molecule has 2 bridgehead atoms. The van der Waals surface area contributed by atoms with E-state index < -0.39 is 28.8 Å². The summed E-state index contributed by atoms with van der Waals surface area (Å²) in [7, 11) is 0. The Hall–Kier alpha value is -3.44. The van der Waals surface area contributed by atoms with Gasteiger partial charge >= 0.3 is 6.01 Å². The first-order chi connectivity index (χ1) is 19.9. The minimum atomic E-state index is -0.918. The van der Waals surface area contributed by atoms with Gasteiger partial charge in [-0.25, -0.2) is 17.6 Å². The van der Waals surface area contributed by atoms with Crippen LogP contribution in [0.25, 0.3) is 32.9 Å². The summed E-state index contributed by atoms with van der Waals surface area (Å²) < 4.78 is 67.0. The Kier molecular flexibility index (Phi) is 5.73. The van der Waals surface area contributed by atoms with E-state index in [4.69, 9.17) is 9.72 Å². The van der Waals surface area contributed by atoms with Gasteiger partial charge in [0.15, 0.2) is 5.82 Å². The van der Waals surface area contributed by atoms with Crippen LogP contribution in [0.15, 0.2) is 24.4 Å². The van der Waals surface area contributed by atoms with E-state index in [9.17, 15) is 8.78 Å². The Labute approximate surface area is 233 Å². The standard InChI is InChI=1S/C30H30F4N6O/c31-16-9-19-21(12-35-26(19)23(33)10-16)24-22(32)11-20-27(25(24)34)37-29(41-15-30-5-1-7-40(30)8-2-6-30)38-28(20)39-13-17-3-4-18(14-39)36-17/h9-12,17-18,35-36H,1-8,13-15H2. The number of halogens is 4. The van der Waals surface area contributed by atoms with E-state index in [0.29, 0.717) is 25.5 Å². The van der Waals surface area contributed by atoms with Gasteiger partial charge in [0.2, 0.25) is 0 Å². The molecule has 4 aliphatic rings. The van der Waals surface area contributed by atoms with Crippen molar-refractivity contribution in [1.29, 1.82) is 0 Å². The Morgan fingerprint density at radius 2 is 1.68 bits per heavy atom. The van der Waals surface area contributed by atoms with Crippen molar-refractivity contribution in [2.24, 2.45) is 0 Å². The summed E-state index contributed by atoms with van der Waals surface area (Å²) in [4.78, 5) is 16.5. The number of nitrogens with zero attached hydrogens (tertiary/aromatic N) is 4. The van der Waals surface area contributed by atoms with Gasteiger partial charge in [0.05, 0.1) is 16.6 Å². The topological polar surface area (TPSA) is 69.3 Å². The fourth-order valence-corrected chi connectivity index (χ4v) is 7.70. The molecule has 0 radical (unpaired) electrons. The number of H-pyrrole nitrogens is 1. The van der Waals surface area contributed by atoms with E-state index >= 15 is 8.78 Å². The molecule has 2 N–H and O–H groups in total. The number of aromatic amines is 1. The minimum absolute atomic E-state index is 0.0181. The maximum absolute atomic E-state index is 16.4. The van der Waals surface area contributed by atoms with Gasteiger partial charge in [0.1, 0.15) is 35.4 Å². The predicted octanol–water partition coefficient (Wildman–Crippen LogP) is 5.28. The third-order valence-corrected chi connectivity index (χ3v) is 9.61. The second kappa shape index (κ2) is 9.29. The van der Waals surface area contributed by atoms with Gasteiger partial charge in [-0.1, -0.05) is 0 Å². The molecule has 6 heterocycles. The van der Waals surface area contributed by atoms with Crippen LogP contribution in [0.5, 0.6) is 6.01 Å². The molecular formula is C30H30F4N6O.